The lowest BCUT2D eigenvalue weighted by Gasteiger charge is -2.29. The summed E-state index contributed by atoms with van der Waals surface area (Å²) < 4.78 is 5.67. The first-order valence-corrected chi connectivity index (χ1v) is 6.73. The molecule has 0 radical (unpaired) electrons. The lowest BCUT2D eigenvalue weighted by molar-refractivity contribution is 0.0893. The summed E-state index contributed by atoms with van der Waals surface area (Å²) in [5, 5.41) is 0. The highest BCUT2D eigenvalue weighted by Crippen LogP contribution is 2.25. The molecule has 1 aliphatic rings. The molecule has 106 valence electrons. The molecule has 1 saturated heterocycles. The van der Waals surface area contributed by atoms with Gasteiger partial charge in [0, 0.05) is 44.4 Å². The Labute approximate surface area is 115 Å². The standard InChI is InChI=1S/C14H24N4O/c1-11-8-12(16-13(15-11)17(4)5)18-6-7-19-10-14(2,3)9-18/h8H,6-7,9-10H2,1-5H3. The molecule has 0 atom stereocenters. The molecule has 0 unspecified atom stereocenters. The van der Waals surface area contributed by atoms with Crippen molar-refractivity contribution < 1.29 is 4.74 Å². The molecule has 0 N–H and O–H groups in total. The highest BCUT2D eigenvalue weighted by molar-refractivity contribution is 5.45. The van der Waals surface area contributed by atoms with E-state index >= 15 is 0 Å². The minimum Gasteiger partial charge on any atom is -0.379 e. The Hall–Kier alpha value is -1.36. The van der Waals surface area contributed by atoms with Gasteiger partial charge in [0.25, 0.3) is 0 Å². The maximum Gasteiger partial charge on any atom is 0.226 e. The Kier molecular flexibility index (Phi) is 3.94. The molecule has 5 nitrogen and oxygen atoms in total. The van der Waals surface area contributed by atoms with Gasteiger partial charge >= 0.3 is 0 Å². The van der Waals surface area contributed by atoms with Crippen molar-refractivity contribution in [2.75, 3.05) is 50.2 Å². The van der Waals surface area contributed by atoms with Gasteiger partial charge in [0.15, 0.2) is 0 Å². The first-order valence-electron chi connectivity index (χ1n) is 6.73. The summed E-state index contributed by atoms with van der Waals surface area (Å²) in [6, 6.07) is 2.05. The van der Waals surface area contributed by atoms with Crippen LogP contribution in [-0.4, -0.2) is 50.4 Å². The Morgan fingerprint density at radius 2 is 2.05 bits per heavy atom. The van der Waals surface area contributed by atoms with Crippen molar-refractivity contribution in [2.45, 2.75) is 20.8 Å². The average molecular weight is 264 g/mol. The molecule has 0 amide bonds. The number of hydrogen-bond donors (Lipinski definition) is 0. The minimum absolute atomic E-state index is 0.146. The van der Waals surface area contributed by atoms with E-state index in [-0.39, 0.29) is 5.41 Å². The number of aryl methyl sites for hydroxylation is 1. The second-order valence-corrected chi connectivity index (χ2v) is 6.20. The van der Waals surface area contributed by atoms with Gasteiger partial charge in [-0.2, -0.15) is 4.98 Å². The molecule has 1 aromatic heterocycles. The molecule has 0 saturated carbocycles. The van der Waals surface area contributed by atoms with Crippen LogP contribution in [0.3, 0.4) is 0 Å². The summed E-state index contributed by atoms with van der Waals surface area (Å²) in [4.78, 5) is 13.3. The third-order valence-electron chi connectivity index (χ3n) is 3.17. The van der Waals surface area contributed by atoms with Crippen molar-refractivity contribution in [3.63, 3.8) is 0 Å². The van der Waals surface area contributed by atoms with Crippen LogP contribution in [0, 0.1) is 12.3 Å². The van der Waals surface area contributed by atoms with Crippen molar-refractivity contribution in [2.24, 2.45) is 5.41 Å². The fraction of sp³-hybridized carbons (Fsp3) is 0.714. The molecule has 19 heavy (non-hydrogen) atoms. The maximum atomic E-state index is 5.67. The molecular formula is C14H24N4O. The highest BCUT2D eigenvalue weighted by Gasteiger charge is 2.26. The van der Waals surface area contributed by atoms with Crippen molar-refractivity contribution in [1.82, 2.24) is 9.97 Å². The molecule has 0 aromatic carbocycles. The van der Waals surface area contributed by atoms with Gasteiger partial charge in [0.05, 0.1) is 13.2 Å². The summed E-state index contributed by atoms with van der Waals surface area (Å²) in [7, 11) is 3.93. The smallest absolute Gasteiger partial charge is 0.226 e. The van der Waals surface area contributed by atoms with Gasteiger partial charge in [0.2, 0.25) is 5.95 Å². The molecular weight excluding hydrogens is 240 g/mol. The molecule has 0 bridgehead atoms. The van der Waals surface area contributed by atoms with E-state index < -0.39 is 0 Å². The van der Waals surface area contributed by atoms with E-state index in [1.807, 2.05) is 25.9 Å². The molecule has 0 spiro atoms. The summed E-state index contributed by atoms with van der Waals surface area (Å²) in [5.41, 5.74) is 1.14. The third kappa shape index (κ3) is 3.56. The summed E-state index contributed by atoms with van der Waals surface area (Å²) in [6.07, 6.45) is 0. The third-order valence-corrected chi connectivity index (χ3v) is 3.17. The first kappa shape index (κ1) is 14.1. The minimum atomic E-state index is 0.146. The molecule has 2 heterocycles. The predicted octanol–water partition coefficient (Wildman–Crippen LogP) is 1.71. The fourth-order valence-electron chi connectivity index (χ4n) is 2.26. The molecule has 2 rings (SSSR count). The van der Waals surface area contributed by atoms with Crippen LogP contribution < -0.4 is 9.80 Å². The number of aromatic nitrogens is 2. The van der Waals surface area contributed by atoms with Gasteiger partial charge in [-0.3, -0.25) is 0 Å². The SMILES string of the molecule is Cc1cc(N2CCOCC(C)(C)C2)nc(N(C)C)n1. The Morgan fingerprint density at radius 1 is 1.32 bits per heavy atom. The Balaban J connectivity index is 2.29. The lowest BCUT2D eigenvalue weighted by Crippen LogP contribution is -2.35. The molecule has 5 heteroatoms. The van der Waals surface area contributed by atoms with Crippen molar-refractivity contribution >= 4 is 11.8 Å². The van der Waals surface area contributed by atoms with Crippen LogP contribution in [0.2, 0.25) is 0 Å². The van der Waals surface area contributed by atoms with E-state index in [2.05, 4.69) is 34.8 Å². The number of anilines is 2. The van der Waals surface area contributed by atoms with E-state index in [9.17, 15) is 0 Å². The number of rotatable bonds is 2. The first-order chi connectivity index (χ1) is 8.87. The van der Waals surface area contributed by atoms with Gasteiger partial charge in [-0.15, -0.1) is 0 Å². The van der Waals surface area contributed by atoms with Crippen LogP contribution in [0.5, 0.6) is 0 Å². The molecule has 1 fully saturated rings. The summed E-state index contributed by atoms with van der Waals surface area (Å²) in [5.74, 6) is 1.76. The monoisotopic (exact) mass is 264 g/mol. The van der Waals surface area contributed by atoms with Crippen LogP contribution in [-0.2, 0) is 4.74 Å². The van der Waals surface area contributed by atoms with Gasteiger partial charge < -0.3 is 14.5 Å². The predicted molar refractivity (Wildman–Crippen MR) is 77.9 cm³/mol. The Morgan fingerprint density at radius 3 is 2.74 bits per heavy atom. The van der Waals surface area contributed by atoms with Gasteiger partial charge in [-0.05, 0) is 6.92 Å². The number of ether oxygens (including phenoxy) is 1. The quantitative estimate of drug-likeness (QED) is 0.813. The van der Waals surface area contributed by atoms with Crippen LogP contribution in [0.15, 0.2) is 6.07 Å². The zero-order valence-electron chi connectivity index (χ0n) is 12.6. The summed E-state index contributed by atoms with van der Waals surface area (Å²) >= 11 is 0. The largest absolute Gasteiger partial charge is 0.379 e. The van der Waals surface area contributed by atoms with E-state index in [1.165, 1.54) is 0 Å². The van der Waals surface area contributed by atoms with Gasteiger partial charge in [-0.25, -0.2) is 4.98 Å². The van der Waals surface area contributed by atoms with E-state index in [1.54, 1.807) is 0 Å². The van der Waals surface area contributed by atoms with Gasteiger partial charge in [-0.1, -0.05) is 13.8 Å². The number of hydrogen-bond acceptors (Lipinski definition) is 5. The van der Waals surface area contributed by atoms with Crippen LogP contribution >= 0.6 is 0 Å². The van der Waals surface area contributed by atoms with E-state index in [4.69, 9.17) is 4.74 Å². The number of nitrogens with zero attached hydrogens (tertiary/aromatic N) is 4. The summed E-state index contributed by atoms with van der Waals surface area (Å²) in [6.45, 7) is 9.86. The second kappa shape index (κ2) is 5.33. The lowest BCUT2D eigenvalue weighted by atomic mass is 9.94. The van der Waals surface area contributed by atoms with Crippen molar-refractivity contribution in [1.29, 1.82) is 0 Å². The molecule has 0 aliphatic carbocycles. The zero-order valence-corrected chi connectivity index (χ0v) is 12.6. The van der Waals surface area contributed by atoms with Crippen LogP contribution in [0.1, 0.15) is 19.5 Å². The van der Waals surface area contributed by atoms with Crippen molar-refractivity contribution in [3.05, 3.63) is 11.8 Å². The normalized spacial score (nSPS) is 19.1. The van der Waals surface area contributed by atoms with Gasteiger partial charge in [0.1, 0.15) is 5.82 Å². The average Bonchev–Trinajstić information content (AvgIpc) is 2.49. The second-order valence-electron chi connectivity index (χ2n) is 6.20. The van der Waals surface area contributed by atoms with E-state index in [0.717, 1.165) is 43.8 Å². The fourth-order valence-corrected chi connectivity index (χ4v) is 2.26. The maximum absolute atomic E-state index is 5.67. The molecule has 1 aromatic rings. The highest BCUT2D eigenvalue weighted by atomic mass is 16.5. The van der Waals surface area contributed by atoms with Crippen LogP contribution in [0.4, 0.5) is 11.8 Å². The van der Waals surface area contributed by atoms with Crippen LogP contribution in [0.25, 0.3) is 0 Å². The zero-order chi connectivity index (χ0) is 14.0. The Bertz CT molecular complexity index is 445. The van der Waals surface area contributed by atoms with Crippen molar-refractivity contribution in [3.8, 4) is 0 Å². The van der Waals surface area contributed by atoms with E-state index in [0.29, 0.717) is 0 Å². The molecule has 1 aliphatic heterocycles. The topological polar surface area (TPSA) is 41.5 Å².